The molecule has 3 N–H and O–H groups in total. The van der Waals surface area contributed by atoms with Crippen molar-refractivity contribution in [2.75, 3.05) is 23.6 Å². The maximum absolute atomic E-state index is 14.1. The average Bonchev–Trinajstić information content (AvgIpc) is 3.57. The molecule has 5 rings (SSSR count). The molecule has 0 fully saturated rings. The summed E-state index contributed by atoms with van der Waals surface area (Å²) in [5.41, 5.74) is 9.13. The lowest BCUT2D eigenvalue weighted by atomic mass is 10.00. The molecule has 290 valence electrons. The summed E-state index contributed by atoms with van der Waals surface area (Å²) in [5, 5.41) is 7.45. The minimum atomic E-state index is -3.65. The summed E-state index contributed by atoms with van der Waals surface area (Å²) in [4.78, 5) is 45.2. The van der Waals surface area contributed by atoms with Crippen molar-refractivity contribution >= 4 is 50.8 Å². The fourth-order valence-corrected chi connectivity index (χ4v) is 5.95. The van der Waals surface area contributed by atoms with Crippen LogP contribution in [0.3, 0.4) is 0 Å². The van der Waals surface area contributed by atoms with Crippen molar-refractivity contribution in [2.24, 2.45) is 17.6 Å². The predicted octanol–water partition coefficient (Wildman–Crippen LogP) is 6.47. The van der Waals surface area contributed by atoms with E-state index in [2.05, 4.69) is 15.4 Å². The smallest absolute Gasteiger partial charge is 0.424 e. The van der Waals surface area contributed by atoms with E-state index in [0.717, 1.165) is 22.3 Å². The van der Waals surface area contributed by atoms with Gasteiger partial charge in [0.15, 0.2) is 15.5 Å². The first-order valence-corrected chi connectivity index (χ1v) is 19.2. The summed E-state index contributed by atoms with van der Waals surface area (Å²) >= 11 is 0. The van der Waals surface area contributed by atoms with Gasteiger partial charge in [0.05, 0.1) is 23.6 Å². The van der Waals surface area contributed by atoms with Crippen molar-refractivity contribution in [3.05, 3.63) is 96.4 Å². The van der Waals surface area contributed by atoms with Gasteiger partial charge in [-0.25, -0.2) is 27.0 Å². The standard InChI is InChI=1S/C39H43FN6O8S/c1-22(2)34(41)36(48)53-37(23(3)4)54-39(49)46(31-18-17-30(55(7,50)51)20-32(31)52-6)38-43-33-19-12-27(21-45(33)44-38)26-10-15-29(16-11-26)42-35(47)24(5)25-8-13-28(40)14-9-25/h8-24,34,37H,41H2,1-7H3,(H,42,47)/t24-,34+,37+/m1/s1. The molecule has 3 atom stereocenters. The van der Waals surface area contributed by atoms with E-state index in [-0.39, 0.29) is 39.9 Å². The largest absolute Gasteiger partial charge is 0.495 e. The van der Waals surface area contributed by atoms with Crippen molar-refractivity contribution in [3.63, 3.8) is 0 Å². The number of methoxy groups -OCH3 is 1. The third-order valence-electron chi connectivity index (χ3n) is 8.76. The number of carbonyl (C=O) groups excluding carboxylic acids is 3. The molecule has 2 heterocycles. The van der Waals surface area contributed by atoms with E-state index in [9.17, 15) is 27.2 Å². The van der Waals surface area contributed by atoms with E-state index >= 15 is 0 Å². The molecule has 16 heteroatoms. The Morgan fingerprint density at radius 2 is 1.53 bits per heavy atom. The van der Waals surface area contributed by atoms with E-state index in [0.29, 0.717) is 16.9 Å². The molecule has 2 aromatic heterocycles. The number of ether oxygens (including phenoxy) is 3. The third-order valence-corrected chi connectivity index (χ3v) is 9.87. The van der Waals surface area contributed by atoms with Gasteiger partial charge >= 0.3 is 12.1 Å². The van der Waals surface area contributed by atoms with Crippen LogP contribution >= 0.6 is 0 Å². The van der Waals surface area contributed by atoms with Gasteiger partial charge < -0.3 is 25.3 Å². The number of benzene rings is 3. The fourth-order valence-electron chi connectivity index (χ4n) is 5.31. The maximum Gasteiger partial charge on any atom is 0.424 e. The third kappa shape index (κ3) is 9.45. The van der Waals surface area contributed by atoms with Gasteiger partial charge in [-0.3, -0.25) is 9.59 Å². The number of nitrogens with two attached hydrogens (primary N) is 1. The van der Waals surface area contributed by atoms with Crippen LogP contribution in [0.5, 0.6) is 5.75 Å². The number of nitrogens with one attached hydrogen (secondary N) is 1. The average molecular weight is 775 g/mol. The molecule has 3 aromatic carbocycles. The molecule has 0 saturated heterocycles. The highest BCUT2D eigenvalue weighted by atomic mass is 32.2. The summed E-state index contributed by atoms with van der Waals surface area (Å²) in [6.07, 6.45) is 0.335. The van der Waals surface area contributed by atoms with E-state index in [1.807, 2.05) is 12.1 Å². The molecule has 0 spiro atoms. The highest BCUT2D eigenvalue weighted by Crippen LogP contribution is 2.36. The van der Waals surface area contributed by atoms with Gasteiger partial charge in [0.2, 0.25) is 5.91 Å². The number of amides is 2. The van der Waals surface area contributed by atoms with Crippen LogP contribution in [0.1, 0.15) is 46.1 Å². The summed E-state index contributed by atoms with van der Waals surface area (Å²) in [6, 6.07) is 19.4. The van der Waals surface area contributed by atoms with Gasteiger partial charge in [0, 0.05) is 35.7 Å². The van der Waals surface area contributed by atoms with Gasteiger partial charge in [-0.1, -0.05) is 52.0 Å². The Labute approximate surface area is 318 Å². The second-order valence-electron chi connectivity index (χ2n) is 13.6. The Bertz CT molecular complexity index is 2300. The minimum absolute atomic E-state index is 0.00131. The van der Waals surface area contributed by atoms with E-state index < -0.39 is 46.1 Å². The van der Waals surface area contributed by atoms with Gasteiger partial charge in [-0.2, -0.15) is 4.98 Å². The Morgan fingerprint density at radius 3 is 2.13 bits per heavy atom. The van der Waals surface area contributed by atoms with Crippen molar-refractivity contribution in [1.29, 1.82) is 0 Å². The number of nitrogens with zero attached hydrogens (tertiary/aromatic N) is 4. The zero-order chi connectivity index (χ0) is 40.2. The SMILES string of the molecule is COc1cc(S(C)(=O)=O)ccc1N(C(=O)O[C@H](OC(=O)[C@@H](N)C(C)C)C(C)C)c1nc2ccc(-c3ccc(NC(=O)[C@H](C)c4ccc(F)cc4)cc3)cn2n1. The second-order valence-corrected chi connectivity index (χ2v) is 15.6. The number of rotatable bonds is 13. The van der Waals surface area contributed by atoms with Crippen LogP contribution in [0.25, 0.3) is 16.8 Å². The fraction of sp³-hybridized carbons (Fsp3) is 0.308. The first kappa shape index (κ1) is 40.3. The molecule has 5 aromatic rings. The molecule has 2 amide bonds. The van der Waals surface area contributed by atoms with Crippen LogP contribution in [-0.4, -0.2) is 66.7 Å². The monoisotopic (exact) mass is 774 g/mol. The zero-order valence-corrected chi connectivity index (χ0v) is 32.2. The normalized spacial score (nSPS) is 13.3. The molecular weight excluding hydrogens is 732 g/mol. The lowest BCUT2D eigenvalue weighted by Crippen LogP contribution is -2.42. The van der Waals surface area contributed by atoms with Crippen LogP contribution in [0.15, 0.2) is 90.0 Å². The molecule has 0 aliphatic rings. The molecule has 0 radical (unpaired) electrons. The van der Waals surface area contributed by atoms with Gasteiger partial charge in [-0.05, 0) is 72.5 Å². The number of sulfone groups is 1. The van der Waals surface area contributed by atoms with Crippen LogP contribution in [0.2, 0.25) is 0 Å². The molecule has 0 bridgehead atoms. The number of hydrogen-bond acceptors (Lipinski definition) is 11. The summed E-state index contributed by atoms with van der Waals surface area (Å²) in [5.74, 6) is -2.77. The minimum Gasteiger partial charge on any atom is -0.495 e. The summed E-state index contributed by atoms with van der Waals surface area (Å²) in [6.45, 7) is 8.63. The number of carbonyl (C=O) groups is 3. The number of aromatic nitrogens is 3. The number of fused-ring (bicyclic) bond motifs is 1. The molecule has 0 saturated carbocycles. The van der Waals surface area contributed by atoms with Gasteiger partial charge in [0.25, 0.3) is 12.2 Å². The zero-order valence-electron chi connectivity index (χ0n) is 31.4. The number of hydrogen-bond donors (Lipinski definition) is 2. The molecule has 0 aliphatic carbocycles. The van der Waals surface area contributed by atoms with Gasteiger partial charge in [-0.15, -0.1) is 5.10 Å². The molecule has 0 aliphatic heterocycles. The molecule has 14 nitrogen and oxygen atoms in total. The quantitative estimate of drug-likeness (QED) is 0.0987. The highest BCUT2D eigenvalue weighted by molar-refractivity contribution is 7.90. The number of anilines is 3. The van der Waals surface area contributed by atoms with E-state index in [1.54, 1.807) is 77.2 Å². The lowest BCUT2D eigenvalue weighted by Gasteiger charge is -2.27. The number of esters is 1. The maximum atomic E-state index is 14.1. The Kier molecular flexibility index (Phi) is 12.2. The molecule has 0 unspecified atom stereocenters. The number of pyridine rings is 1. The molecular formula is C39H43FN6O8S. The van der Waals surface area contributed by atoms with Crippen molar-refractivity contribution in [2.45, 2.75) is 57.8 Å². The Balaban J connectivity index is 1.46. The van der Waals surface area contributed by atoms with E-state index in [1.165, 1.54) is 42.0 Å². The van der Waals surface area contributed by atoms with Crippen LogP contribution in [-0.2, 0) is 28.9 Å². The van der Waals surface area contributed by atoms with Crippen LogP contribution in [0.4, 0.5) is 26.5 Å². The first-order chi connectivity index (χ1) is 26.0. The van der Waals surface area contributed by atoms with Crippen LogP contribution < -0.4 is 20.7 Å². The Hall–Kier alpha value is -5.87. The van der Waals surface area contributed by atoms with Crippen molar-refractivity contribution < 1.29 is 41.4 Å². The van der Waals surface area contributed by atoms with Crippen molar-refractivity contribution in [3.8, 4) is 16.9 Å². The highest BCUT2D eigenvalue weighted by Gasteiger charge is 2.33. The summed E-state index contributed by atoms with van der Waals surface area (Å²) < 4.78 is 56.3. The number of halogens is 1. The predicted molar refractivity (Wildman–Crippen MR) is 204 cm³/mol. The van der Waals surface area contributed by atoms with Crippen molar-refractivity contribution in [1.82, 2.24) is 14.6 Å². The lowest BCUT2D eigenvalue weighted by molar-refractivity contribution is -0.177. The second kappa shape index (κ2) is 16.7. The van der Waals surface area contributed by atoms with E-state index in [4.69, 9.17) is 19.9 Å². The Morgan fingerprint density at radius 1 is 0.873 bits per heavy atom. The van der Waals surface area contributed by atoms with Gasteiger partial charge in [0.1, 0.15) is 17.6 Å². The first-order valence-electron chi connectivity index (χ1n) is 17.3. The summed E-state index contributed by atoms with van der Waals surface area (Å²) in [7, 11) is -2.34. The molecule has 55 heavy (non-hydrogen) atoms. The topological polar surface area (TPSA) is 185 Å². The van der Waals surface area contributed by atoms with Crippen LogP contribution in [0, 0.1) is 17.7 Å².